The molecule has 1 aromatic rings. The number of benzene rings is 1. The lowest BCUT2D eigenvalue weighted by atomic mass is 10.1. The highest BCUT2D eigenvalue weighted by Gasteiger charge is 2.19. The average molecular weight is 293 g/mol. The van der Waals surface area contributed by atoms with E-state index in [4.69, 9.17) is 5.11 Å². The zero-order valence-electron chi connectivity index (χ0n) is 11.6. The molecule has 1 aromatic carbocycles. The van der Waals surface area contributed by atoms with Crippen molar-refractivity contribution in [1.82, 2.24) is 10.6 Å². The lowest BCUT2D eigenvalue weighted by molar-refractivity contribution is 0.0697. The number of urea groups is 1. The Hall–Kier alpha value is -2.28. The highest BCUT2D eigenvalue weighted by atomic mass is 16.4. The second kappa shape index (κ2) is 6.94. The molecule has 0 aliphatic heterocycles. The SMILES string of the molecule is O=C(NCCCNC1CC1)Nc1ccc(O)cc1C(=O)O. The molecule has 0 atom stereocenters. The molecule has 21 heavy (non-hydrogen) atoms. The second-order valence-corrected chi connectivity index (χ2v) is 5.00. The van der Waals surface area contributed by atoms with E-state index in [0.717, 1.165) is 19.0 Å². The smallest absolute Gasteiger partial charge is 0.337 e. The number of carbonyl (C=O) groups is 2. The fourth-order valence-corrected chi connectivity index (χ4v) is 1.87. The minimum absolute atomic E-state index is 0.147. The molecule has 1 aliphatic rings. The first-order valence-electron chi connectivity index (χ1n) is 6.91. The molecule has 7 heteroatoms. The third kappa shape index (κ3) is 4.96. The standard InChI is InChI=1S/C14H19N3O4/c18-10-4-5-12(11(8-10)13(19)20)17-14(21)16-7-1-6-15-9-2-3-9/h4-5,8-9,15,18H,1-3,6-7H2,(H,19,20)(H2,16,17,21). The van der Waals surface area contributed by atoms with E-state index >= 15 is 0 Å². The van der Waals surface area contributed by atoms with Gasteiger partial charge in [0.15, 0.2) is 0 Å². The number of nitrogens with one attached hydrogen (secondary N) is 3. The van der Waals surface area contributed by atoms with Crippen molar-refractivity contribution in [2.24, 2.45) is 0 Å². The maximum atomic E-state index is 11.7. The van der Waals surface area contributed by atoms with Gasteiger partial charge >= 0.3 is 12.0 Å². The molecular weight excluding hydrogens is 274 g/mol. The minimum atomic E-state index is -1.21. The van der Waals surface area contributed by atoms with Gasteiger partial charge in [0.2, 0.25) is 0 Å². The quantitative estimate of drug-likeness (QED) is 0.385. The van der Waals surface area contributed by atoms with Gasteiger partial charge in [-0.3, -0.25) is 0 Å². The van der Waals surface area contributed by atoms with Crippen molar-refractivity contribution >= 4 is 17.7 Å². The Bertz CT molecular complexity index is 529. The predicted molar refractivity (Wildman–Crippen MR) is 77.7 cm³/mol. The van der Waals surface area contributed by atoms with Gasteiger partial charge < -0.3 is 26.2 Å². The topological polar surface area (TPSA) is 111 Å². The largest absolute Gasteiger partial charge is 0.508 e. The van der Waals surface area contributed by atoms with Gasteiger partial charge in [-0.1, -0.05) is 0 Å². The van der Waals surface area contributed by atoms with Crippen LogP contribution < -0.4 is 16.0 Å². The van der Waals surface area contributed by atoms with E-state index in [0.29, 0.717) is 12.6 Å². The monoisotopic (exact) mass is 293 g/mol. The van der Waals surface area contributed by atoms with Gasteiger partial charge in [-0.2, -0.15) is 0 Å². The van der Waals surface area contributed by atoms with Crippen LogP contribution in [0, 0.1) is 0 Å². The number of amides is 2. The van der Waals surface area contributed by atoms with Crippen molar-refractivity contribution in [1.29, 1.82) is 0 Å². The van der Waals surface area contributed by atoms with Crippen LogP contribution in [-0.2, 0) is 0 Å². The van der Waals surface area contributed by atoms with Gasteiger partial charge in [0.1, 0.15) is 5.75 Å². The lowest BCUT2D eigenvalue weighted by Gasteiger charge is -2.10. The number of carboxylic acid groups (broad SMARTS) is 1. The van der Waals surface area contributed by atoms with E-state index in [2.05, 4.69) is 16.0 Å². The number of phenols is 1. The Morgan fingerprint density at radius 3 is 2.67 bits per heavy atom. The van der Waals surface area contributed by atoms with Crippen LogP contribution in [0.15, 0.2) is 18.2 Å². The Morgan fingerprint density at radius 2 is 2.00 bits per heavy atom. The molecule has 1 aliphatic carbocycles. The Balaban J connectivity index is 1.77. The third-order valence-corrected chi connectivity index (χ3v) is 3.13. The summed E-state index contributed by atoms with van der Waals surface area (Å²) in [5, 5.41) is 26.8. The molecule has 2 rings (SSSR count). The number of rotatable bonds is 7. The third-order valence-electron chi connectivity index (χ3n) is 3.13. The van der Waals surface area contributed by atoms with Crippen molar-refractivity contribution in [3.05, 3.63) is 23.8 Å². The Morgan fingerprint density at radius 1 is 1.24 bits per heavy atom. The first-order chi connectivity index (χ1) is 10.1. The van der Waals surface area contributed by atoms with E-state index in [-0.39, 0.29) is 17.0 Å². The molecule has 2 amide bonds. The summed E-state index contributed by atoms with van der Waals surface area (Å²) < 4.78 is 0. The average Bonchev–Trinajstić information content (AvgIpc) is 3.24. The maximum Gasteiger partial charge on any atom is 0.337 e. The summed E-state index contributed by atoms with van der Waals surface area (Å²) in [4.78, 5) is 22.7. The zero-order valence-corrected chi connectivity index (χ0v) is 11.6. The molecule has 0 radical (unpaired) electrons. The van der Waals surface area contributed by atoms with Gasteiger partial charge in [0, 0.05) is 12.6 Å². The molecule has 0 unspecified atom stereocenters. The summed E-state index contributed by atoms with van der Waals surface area (Å²) in [6, 6.07) is 3.95. The van der Waals surface area contributed by atoms with Crippen LogP contribution >= 0.6 is 0 Å². The second-order valence-electron chi connectivity index (χ2n) is 5.00. The van der Waals surface area contributed by atoms with Gasteiger partial charge in [-0.25, -0.2) is 9.59 Å². The molecule has 1 fully saturated rings. The normalized spacial score (nSPS) is 13.7. The molecule has 1 saturated carbocycles. The van der Waals surface area contributed by atoms with E-state index in [9.17, 15) is 14.7 Å². The van der Waals surface area contributed by atoms with E-state index in [1.165, 1.54) is 25.0 Å². The number of phenolic OH excluding ortho intramolecular Hbond substituents is 1. The summed E-state index contributed by atoms with van der Waals surface area (Å²) >= 11 is 0. The van der Waals surface area contributed by atoms with E-state index < -0.39 is 12.0 Å². The highest BCUT2D eigenvalue weighted by molar-refractivity contribution is 6.00. The number of carbonyl (C=O) groups excluding carboxylic acids is 1. The van der Waals surface area contributed by atoms with Gasteiger partial charge in [-0.15, -0.1) is 0 Å². The van der Waals surface area contributed by atoms with Crippen molar-refractivity contribution < 1.29 is 19.8 Å². The summed E-state index contributed by atoms with van der Waals surface area (Å²) in [6.45, 7) is 1.36. The van der Waals surface area contributed by atoms with Crippen molar-refractivity contribution in [3.63, 3.8) is 0 Å². The number of anilines is 1. The van der Waals surface area contributed by atoms with Crippen LogP contribution in [-0.4, -0.2) is 41.3 Å². The van der Waals surface area contributed by atoms with Gasteiger partial charge in [0.05, 0.1) is 11.3 Å². The number of hydrogen-bond acceptors (Lipinski definition) is 4. The van der Waals surface area contributed by atoms with E-state index in [1.807, 2.05) is 0 Å². The predicted octanol–water partition coefficient (Wildman–Crippen LogP) is 1.35. The number of aromatic hydroxyl groups is 1. The Kier molecular flexibility index (Phi) is 4.99. The zero-order chi connectivity index (χ0) is 15.2. The van der Waals surface area contributed by atoms with Crippen molar-refractivity contribution in [2.45, 2.75) is 25.3 Å². The summed E-state index contributed by atoms with van der Waals surface area (Å²) in [5.74, 6) is -1.38. The highest BCUT2D eigenvalue weighted by Crippen LogP contribution is 2.21. The van der Waals surface area contributed by atoms with Crippen LogP contribution in [0.4, 0.5) is 10.5 Å². The first kappa shape index (κ1) is 15.1. The lowest BCUT2D eigenvalue weighted by Crippen LogP contribution is -2.32. The molecule has 114 valence electrons. The minimum Gasteiger partial charge on any atom is -0.508 e. The fourth-order valence-electron chi connectivity index (χ4n) is 1.87. The summed E-state index contributed by atoms with van der Waals surface area (Å²) in [6.07, 6.45) is 3.27. The molecule has 0 saturated heterocycles. The van der Waals surface area contributed by atoms with E-state index in [1.54, 1.807) is 0 Å². The van der Waals surface area contributed by atoms with Crippen LogP contribution in [0.25, 0.3) is 0 Å². The van der Waals surface area contributed by atoms with Gasteiger partial charge in [0.25, 0.3) is 0 Å². The molecule has 0 bridgehead atoms. The van der Waals surface area contributed by atoms with Crippen LogP contribution in [0.1, 0.15) is 29.6 Å². The summed E-state index contributed by atoms with van der Waals surface area (Å²) in [7, 11) is 0. The molecule has 5 N–H and O–H groups in total. The number of aromatic carboxylic acids is 1. The van der Waals surface area contributed by atoms with Crippen LogP contribution in [0.5, 0.6) is 5.75 Å². The van der Waals surface area contributed by atoms with Crippen LogP contribution in [0.3, 0.4) is 0 Å². The molecule has 0 spiro atoms. The molecule has 0 aromatic heterocycles. The van der Waals surface area contributed by atoms with Crippen molar-refractivity contribution in [2.75, 3.05) is 18.4 Å². The molecule has 0 heterocycles. The fraction of sp³-hybridized carbons (Fsp3) is 0.429. The van der Waals surface area contributed by atoms with Gasteiger partial charge in [-0.05, 0) is 44.0 Å². The molecule has 7 nitrogen and oxygen atoms in total. The number of hydrogen-bond donors (Lipinski definition) is 5. The first-order valence-corrected chi connectivity index (χ1v) is 6.91. The maximum absolute atomic E-state index is 11.7. The summed E-state index contributed by atoms with van der Waals surface area (Å²) in [5.41, 5.74) is -0.00513. The number of carboxylic acids is 1. The Labute approximate surface area is 122 Å². The molecular formula is C14H19N3O4. The van der Waals surface area contributed by atoms with Crippen molar-refractivity contribution in [3.8, 4) is 5.75 Å². The van der Waals surface area contributed by atoms with Crippen LogP contribution in [0.2, 0.25) is 0 Å².